The van der Waals surface area contributed by atoms with E-state index in [-0.39, 0.29) is 5.91 Å². The standard InChI is InChI=1S/C15H21N3O2/c1-3-20-10-6-9-16-15(19)11-18-12(2)17-13-7-4-5-8-14(13)18/h4-5,7-8H,3,6,9-11H2,1-2H3,(H,16,19). The molecule has 0 radical (unpaired) electrons. The molecule has 0 aliphatic carbocycles. The molecule has 0 aliphatic heterocycles. The smallest absolute Gasteiger partial charge is 0.240 e. The molecule has 1 N–H and O–H groups in total. The summed E-state index contributed by atoms with van der Waals surface area (Å²) >= 11 is 0. The van der Waals surface area contributed by atoms with Crippen LogP contribution in [0, 0.1) is 6.92 Å². The summed E-state index contributed by atoms with van der Waals surface area (Å²) in [7, 11) is 0. The third-order valence-corrected chi connectivity index (χ3v) is 3.14. The van der Waals surface area contributed by atoms with Gasteiger partial charge in [-0.2, -0.15) is 0 Å². The van der Waals surface area contributed by atoms with Gasteiger partial charge in [0.25, 0.3) is 0 Å². The van der Waals surface area contributed by atoms with Crippen LogP contribution >= 0.6 is 0 Å². The van der Waals surface area contributed by atoms with E-state index < -0.39 is 0 Å². The third-order valence-electron chi connectivity index (χ3n) is 3.14. The van der Waals surface area contributed by atoms with E-state index in [4.69, 9.17) is 4.74 Å². The molecule has 0 bridgehead atoms. The van der Waals surface area contributed by atoms with Crippen molar-refractivity contribution in [3.05, 3.63) is 30.1 Å². The van der Waals surface area contributed by atoms with Crippen molar-refractivity contribution in [1.82, 2.24) is 14.9 Å². The second kappa shape index (κ2) is 7.05. The van der Waals surface area contributed by atoms with Crippen molar-refractivity contribution in [1.29, 1.82) is 0 Å². The Balaban J connectivity index is 1.91. The SMILES string of the molecule is CCOCCCNC(=O)Cn1c(C)nc2ccccc21. The van der Waals surface area contributed by atoms with E-state index in [9.17, 15) is 4.79 Å². The lowest BCUT2D eigenvalue weighted by Crippen LogP contribution is -2.29. The fourth-order valence-corrected chi connectivity index (χ4v) is 2.14. The van der Waals surface area contributed by atoms with Gasteiger partial charge in [0, 0.05) is 19.8 Å². The molecule has 1 aromatic heterocycles. The molecule has 0 aliphatic rings. The van der Waals surface area contributed by atoms with E-state index >= 15 is 0 Å². The Morgan fingerprint density at radius 3 is 3.00 bits per heavy atom. The van der Waals surface area contributed by atoms with Gasteiger partial charge in [0.1, 0.15) is 12.4 Å². The normalized spacial score (nSPS) is 10.9. The molecule has 1 aromatic carbocycles. The van der Waals surface area contributed by atoms with Crippen LogP contribution in [0.5, 0.6) is 0 Å². The fraction of sp³-hybridized carbons (Fsp3) is 0.467. The fourth-order valence-electron chi connectivity index (χ4n) is 2.14. The molecule has 0 fully saturated rings. The number of nitrogens with one attached hydrogen (secondary N) is 1. The zero-order valence-electron chi connectivity index (χ0n) is 12.1. The van der Waals surface area contributed by atoms with Gasteiger partial charge in [-0.05, 0) is 32.4 Å². The number of benzene rings is 1. The van der Waals surface area contributed by atoms with Crippen molar-refractivity contribution >= 4 is 16.9 Å². The van der Waals surface area contributed by atoms with Gasteiger partial charge in [-0.25, -0.2) is 4.98 Å². The van der Waals surface area contributed by atoms with Crippen LogP contribution in [-0.2, 0) is 16.1 Å². The predicted molar refractivity (Wildman–Crippen MR) is 78.6 cm³/mol. The lowest BCUT2D eigenvalue weighted by molar-refractivity contribution is -0.121. The molecule has 5 nitrogen and oxygen atoms in total. The summed E-state index contributed by atoms with van der Waals surface area (Å²) in [6.45, 7) is 6.23. The number of para-hydroxylation sites is 2. The Bertz CT molecular complexity index is 578. The van der Waals surface area contributed by atoms with Crippen LogP contribution in [-0.4, -0.2) is 35.2 Å². The van der Waals surface area contributed by atoms with Crippen LogP contribution in [0.1, 0.15) is 19.2 Å². The number of ether oxygens (including phenoxy) is 1. The number of carbonyl (C=O) groups is 1. The largest absolute Gasteiger partial charge is 0.382 e. The summed E-state index contributed by atoms with van der Waals surface area (Å²) in [5.41, 5.74) is 1.92. The summed E-state index contributed by atoms with van der Waals surface area (Å²) < 4.78 is 7.17. The second-order valence-electron chi connectivity index (χ2n) is 4.63. The molecule has 108 valence electrons. The molecule has 0 saturated carbocycles. The van der Waals surface area contributed by atoms with Crippen LogP contribution < -0.4 is 5.32 Å². The van der Waals surface area contributed by atoms with Crippen molar-refractivity contribution in [2.75, 3.05) is 19.8 Å². The van der Waals surface area contributed by atoms with Crippen LogP contribution in [0.3, 0.4) is 0 Å². The number of hydrogen-bond donors (Lipinski definition) is 1. The predicted octanol–water partition coefficient (Wildman–Crippen LogP) is 1.89. The quantitative estimate of drug-likeness (QED) is 0.785. The number of rotatable bonds is 7. The monoisotopic (exact) mass is 275 g/mol. The first kappa shape index (κ1) is 14.5. The van der Waals surface area contributed by atoms with E-state index in [2.05, 4.69) is 10.3 Å². The van der Waals surface area contributed by atoms with Gasteiger partial charge in [-0.3, -0.25) is 4.79 Å². The number of aryl methyl sites for hydroxylation is 1. The Labute approximate surface area is 118 Å². The lowest BCUT2D eigenvalue weighted by Gasteiger charge is -2.08. The summed E-state index contributed by atoms with van der Waals surface area (Å²) in [6.07, 6.45) is 0.837. The van der Waals surface area contributed by atoms with Gasteiger partial charge in [0.2, 0.25) is 5.91 Å². The maximum Gasteiger partial charge on any atom is 0.240 e. The average molecular weight is 275 g/mol. The van der Waals surface area contributed by atoms with Crippen LogP contribution in [0.2, 0.25) is 0 Å². The number of nitrogens with zero attached hydrogens (tertiary/aromatic N) is 2. The number of aromatic nitrogens is 2. The third kappa shape index (κ3) is 3.57. The van der Waals surface area contributed by atoms with Gasteiger partial charge >= 0.3 is 0 Å². The van der Waals surface area contributed by atoms with E-state index in [0.717, 1.165) is 23.3 Å². The van der Waals surface area contributed by atoms with Crippen molar-refractivity contribution in [3.63, 3.8) is 0 Å². The van der Waals surface area contributed by atoms with Gasteiger partial charge in [-0.1, -0.05) is 12.1 Å². The number of amides is 1. The first-order chi connectivity index (χ1) is 9.72. The van der Waals surface area contributed by atoms with Crippen molar-refractivity contribution in [2.24, 2.45) is 0 Å². The molecule has 0 saturated heterocycles. The molecule has 0 unspecified atom stereocenters. The van der Waals surface area contributed by atoms with Gasteiger partial charge < -0.3 is 14.6 Å². The summed E-state index contributed by atoms with van der Waals surface area (Å²) in [5, 5.41) is 2.90. The highest BCUT2D eigenvalue weighted by Crippen LogP contribution is 2.14. The topological polar surface area (TPSA) is 56.1 Å². The van der Waals surface area contributed by atoms with Gasteiger partial charge in [0.15, 0.2) is 0 Å². The molecule has 1 heterocycles. The molecular weight excluding hydrogens is 254 g/mol. The van der Waals surface area contributed by atoms with Crippen LogP contribution in [0.4, 0.5) is 0 Å². The molecule has 1 amide bonds. The Morgan fingerprint density at radius 2 is 2.20 bits per heavy atom. The van der Waals surface area contributed by atoms with Gasteiger partial charge in [0.05, 0.1) is 11.0 Å². The number of carbonyl (C=O) groups excluding carboxylic acids is 1. The average Bonchev–Trinajstić information content (AvgIpc) is 2.75. The second-order valence-corrected chi connectivity index (χ2v) is 4.63. The molecule has 2 aromatic rings. The number of imidazole rings is 1. The first-order valence-electron chi connectivity index (χ1n) is 6.98. The Kier molecular flexibility index (Phi) is 5.12. The molecule has 2 rings (SSSR count). The minimum Gasteiger partial charge on any atom is -0.382 e. The van der Waals surface area contributed by atoms with E-state index in [1.807, 2.05) is 42.7 Å². The summed E-state index contributed by atoms with van der Waals surface area (Å²) in [5.74, 6) is 0.864. The highest BCUT2D eigenvalue weighted by molar-refractivity contribution is 5.81. The van der Waals surface area contributed by atoms with Gasteiger partial charge in [-0.15, -0.1) is 0 Å². The minimum atomic E-state index is 0.00718. The Morgan fingerprint density at radius 1 is 1.40 bits per heavy atom. The maximum atomic E-state index is 11.9. The first-order valence-corrected chi connectivity index (χ1v) is 6.98. The molecule has 0 atom stereocenters. The van der Waals surface area contributed by atoms with Crippen molar-refractivity contribution in [3.8, 4) is 0 Å². The molecule has 20 heavy (non-hydrogen) atoms. The highest BCUT2D eigenvalue weighted by atomic mass is 16.5. The molecular formula is C15H21N3O2. The number of hydrogen-bond acceptors (Lipinski definition) is 3. The van der Waals surface area contributed by atoms with Crippen molar-refractivity contribution in [2.45, 2.75) is 26.8 Å². The Hall–Kier alpha value is -1.88. The highest BCUT2D eigenvalue weighted by Gasteiger charge is 2.09. The summed E-state index contributed by atoms with van der Waals surface area (Å²) in [6, 6.07) is 7.85. The van der Waals surface area contributed by atoms with E-state index in [1.165, 1.54) is 0 Å². The number of fused-ring (bicyclic) bond motifs is 1. The zero-order chi connectivity index (χ0) is 14.4. The van der Waals surface area contributed by atoms with Crippen LogP contribution in [0.25, 0.3) is 11.0 Å². The van der Waals surface area contributed by atoms with Crippen molar-refractivity contribution < 1.29 is 9.53 Å². The van der Waals surface area contributed by atoms with Crippen LogP contribution in [0.15, 0.2) is 24.3 Å². The summed E-state index contributed by atoms with van der Waals surface area (Å²) in [4.78, 5) is 16.4. The minimum absolute atomic E-state index is 0.00718. The van der Waals surface area contributed by atoms with E-state index in [1.54, 1.807) is 0 Å². The molecule has 5 heteroatoms. The molecule has 0 spiro atoms. The van der Waals surface area contributed by atoms with E-state index in [0.29, 0.717) is 26.3 Å². The zero-order valence-corrected chi connectivity index (χ0v) is 12.1. The lowest BCUT2D eigenvalue weighted by atomic mass is 10.3. The maximum absolute atomic E-state index is 11.9.